The first-order valence-corrected chi connectivity index (χ1v) is 7.07. The van der Waals surface area contributed by atoms with Gasteiger partial charge in [0.1, 0.15) is 6.07 Å². The Hall–Kier alpha value is -2.17. The smallest absolute Gasteiger partial charge is 0.270 e. The van der Waals surface area contributed by atoms with Crippen molar-refractivity contribution in [3.8, 4) is 6.07 Å². The molecule has 3 rings (SSSR count). The van der Waals surface area contributed by atoms with E-state index in [1.165, 1.54) is 12.1 Å². The van der Waals surface area contributed by atoms with Gasteiger partial charge >= 0.3 is 0 Å². The first kappa shape index (κ1) is 13.8. The number of nitriles is 1. The molecule has 7 nitrogen and oxygen atoms in total. The number of benzene rings is 1. The van der Waals surface area contributed by atoms with E-state index < -0.39 is 4.92 Å². The summed E-state index contributed by atoms with van der Waals surface area (Å²) in [5.41, 5.74) is 1.15. The number of nitrogens with one attached hydrogen (secondary N) is 1. The van der Waals surface area contributed by atoms with Gasteiger partial charge in [-0.05, 0) is 6.07 Å². The molecule has 2 aliphatic heterocycles. The number of nitro groups is 1. The van der Waals surface area contributed by atoms with Crippen LogP contribution in [-0.4, -0.2) is 55.1 Å². The van der Waals surface area contributed by atoms with Crippen LogP contribution in [0.4, 0.5) is 11.4 Å². The minimum atomic E-state index is -0.468. The minimum absolute atomic E-state index is 0.0329. The topological polar surface area (TPSA) is 85.4 Å². The van der Waals surface area contributed by atoms with Crippen molar-refractivity contribution >= 4 is 11.4 Å². The SMILES string of the molecule is N#Cc1cc([N+](=O)[O-])ccc1N1CC(N2CCNCC2)C1. The lowest BCUT2D eigenvalue weighted by Gasteiger charge is -2.48. The van der Waals surface area contributed by atoms with Gasteiger partial charge in [0.15, 0.2) is 0 Å². The van der Waals surface area contributed by atoms with Gasteiger partial charge in [0.05, 0.1) is 16.2 Å². The van der Waals surface area contributed by atoms with E-state index in [0.717, 1.165) is 45.0 Å². The molecule has 110 valence electrons. The van der Waals surface area contributed by atoms with Gasteiger partial charge in [-0.2, -0.15) is 5.26 Å². The van der Waals surface area contributed by atoms with Crippen molar-refractivity contribution in [2.45, 2.75) is 6.04 Å². The van der Waals surface area contributed by atoms with Crippen molar-refractivity contribution in [3.63, 3.8) is 0 Å². The molecule has 2 heterocycles. The van der Waals surface area contributed by atoms with Gasteiger partial charge in [-0.25, -0.2) is 0 Å². The van der Waals surface area contributed by atoms with E-state index in [-0.39, 0.29) is 5.69 Å². The number of hydrogen-bond donors (Lipinski definition) is 1. The maximum Gasteiger partial charge on any atom is 0.270 e. The maximum atomic E-state index is 10.8. The summed E-state index contributed by atoms with van der Waals surface area (Å²) in [6.45, 7) is 5.93. The summed E-state index contributed by atoms with van der Waals surface area (Å²) >= 11 is 0. The summed E-state index contributed by atoms with van der Waals surface area (Å²) in [4.78, 5) is 14.9. The monoisotopic (exact) mass is 287 g/mol. The largest absolute Gasteiger partial charge is 0.367 e. The third-order valence-corrected chi connectivity index (χ3v) is 4.18. The normalized spacial score (nSPS) is 19.9. The molecule has 0 bridgehead atoms. The van der Waals surface area contributed by atoms with Gasteiger partial charge in [-0.15, -0.1) is 0 Å². The summed E-state index contributed by atoms with van der Waals surface area (Å²) in [6, 6.07) is 7.09. The van der Waals surface area contributed by atoms with Gasteiger partial charge in [0.25, 0.3) is 5.69 Å². The van der Waals surface area contributed by atoms with E-state index in [1.54, 1.807) is 6.07 Å². The van der Waals surface area contributed by atoms with Crippen molar-refractivity contribution in [2.24, 2.45) is 0 Å². The van der Waals surface area contributed by atoms with Crippen LogP contribution in [0.2, 0.25) is 0 Å². The van der Waals surface area contributed by atoms with Crippen molar-refractivity contribution in [1.29, 1.82) is 5.26 Å². The Morgan fingerprint density at radius 1 is 1.33 bits per heavy atom. The summed E-state index contributed by atoms with van der Waals surface area (Å²) in [6.07, 6.45) is 0. The van der Waals surface area contributed by atoms with E-state index in [4.69, 9.17) is 0 Å². The van der Waals surface area contributed by atoms with E-state index in [0.29, 0.717) is 11.6 Å². The van der Waals surface area contributed by atoms with E-state index in [9.17, 15) is 15.4 Å². The van der Waals surface area contributed by atoms with Gasteiger partial charge in [-0.3, -0.25) is 15.0 Å². The molecule has 1 aromatic rings. The molecular weight excluding hydrogens is 270 g/mol. The molecule has 2 saturated heterocycles. The molecule has 2 aliphatic rings. The quantitative estimate of drug-likeness (QED) is 0.646. The molecule has 7 heteroatoms. The van der Waals surface area contributed by atoms with Crippen LogP contribution in [0.3, 0.4) is 0 Å². The van der Waals surface area contributed by atoms with E-state index in [1.807, 2.05) is 0 Å². The highest BCUT2D eigenvalue weighted by Gasteiger charge is 2.33. The summed E-state index contributed by atoms with van der Waals surface area (Å²) in [7, 11) is 0. The van der Waals surface area contributed by atoms with Crippen LogP contribution in [0.5, 0.6) is 0 Å². The third kappa shape index (κ3) is 2.68. The number of hydrogen-bond acceptors (Lipinski definition) is 6. The highest BCUT2D eigenvalue weighted by Crippen LogP contribution is 2.29. The molecule has 0 radical (unpaired) electrons. The van der Waals surface area contributed by atoms with Gasteiger partial charge < -0.3 is 10.2 Å². The Balaban J connectivity index is 1.69. The Morgan fingerprint density at radius 2 is 2.05 bits per heavy atom. The summed E-state index contributed by atoms with van der Waals surface area (Å²) in [5, 5.41) is 23.3. The van der Waals surface area contributed by atoms with Crippen LogP contribution in [0.25, 0.3) is 0 Å². The standard InChI is InChI=1S/C14H17N5O2/c15-8-11-7-12(19(20)21)1-2-14(11)18-9-13(10-18)17-5-3-16-4-6-17/h1-2,7,13,16H,3-6,9-10H2. The third-order valence-electron chi connectivity index (χ3n) is 4.18. The molecule has 0 spiro atoms. The van der Waals surface area contributed by atoms with Crippen LogP contribution in [0, 0.1) is 21.4 Å². The number of nitro benzene ring substituents is 1. The second-order valence-electron chi connectivity index (χ2n) is 5.42. The number of rotatable bonds is 3. The highest BCUT2D eigenvalue weighted by atomic mass is 16.6. The van der Waals surface area contributed by atoms with Crippen molar-refractivity contribution in [3.05, 3.63) is 33.9 Å². The molecule has 2 fully saturated rings. The van der Waals surface area contributed by atoms with Crippen LogP contribution >= 0.6 is 0 Å². The van der Waals surface area contributed by atoms with Crippen molar-refractivity contribution < 1.29 is 4.92 Å². The Morgan fingerprint density at radius 3 is 2.67 bits per heavy atom. The predicted molar refractivity (Wildman–Crippen MR) is 78.3 cm³/mol. The maximum absolute atomic E-state index is 10.8. The number of anilines is 1. The Bertz CT molecular complexity index is 586. The second kappa shape index (κ2) is 5.68. The lowest BCUT2D eigenvalue weighted by Crippen LogP contribution is -2.63. The molecule has 0 aromatic heterocycles. The van der Waals surface area contributed by atoms with Gasteiger partial charge in [-0.1, -0.05) is 0 Å². The highest BCUT2D eigenvalue weighted by molar-refractivity contribution is 5.64. The fourth-order valence-corrected chi connectivity index (χ4v) is 2.93. The molecule has 0 amide bonds. The molecule has 21 heavy (non-hydrogen) atoms. The van der Waals surface area contributed by atoms with Crippen molar-refractivity contribution in [1.82, 2.24) is 10.2 Å². The predicted octanol–water partition coefficient (Wildman–Crippen LogP) is 0.560. The summed E-state index contributed by atoms with van der Waals surface area (Å²) < 4.78 is 0. The Labute approximate surface area is 122 Å². The number of piperazine rings is 1. The van der Waals surface area contributed by atoms with Gasteiger partial charge in [0.2, 0.25) is 0 Å². The molecule has 0 unspecified atom stereocenters. The molecule has 0 saturated carbocycles. The molecular formula is C14H17N5O2. The Kier molecular flexibility index (Phi) is 3.73. The van der Waals surface area contributed by atoms with Crippen LogP contribution in [0.1, 0.15) is 5.56 Å². The lowest BCUT2D eigenvalue weighted by molar-refractivity contribution is -0.384. The fraction of sp³-hybridized carbons (Fsp3) is 0.500. The molecule has 1 aromatic carbocycles. The lowest BCUT2D eigenvalue weighted by atomic mass is 10.0. The second-order valence-corrected chi connectivity index (χ2v) is 5.42. The van der Waals surface area contributed by atoms with Gasteiger partial charge in [0, 0.05) is 57.4 Å². The van der Waals surface area contributed by atoms with Crippen molar-refractivity contribution in [2.75, 3.05) is 44.2 Å². The average Bonchev–Trinajstić information content (AvgIpc) is 2.47. The van der Waals surface area contributed by atoms with Crippen LogP contribution < -0.4 is 10.2 Å². The molecule has 1 N–H and O–H groups in total. The number of non-ortho nitro benzene ring substituents is 1. The first-order valence-electron chi connectivity index (χ1n) is 7.07. The van der Waals surface area contributed by atoms with E-state index >= 15 is 0 Å². The summed E-state index contributed by atoms with van der Waals surface area (Å²) in [5.74, 6) is 0. The molecule has 0 aliphatic carbocycles. The first-order chi connectivity index (χ1) is 10.2. The number of nitrogens with zero attached hydrogens (tertiary/aromatic N) is 4. The average molecular weight is 287 g/mol. The fourth-order valence-electron chi connectivity index (χ4n) is 2.93. The minimum Gasteiger partial charge on any atom is -0.367 e. The zero-order chi connectivity index (χ0) is 14.8. The zero-order valence-electron chi connectivity index (χ0n) is 11.7. The zero-order valence-corrected chi connectivity index (χ0v) is 11.7. The van der Waals surface area contributed by atoms with Crippen LogP contribution in [-0.2, 0) is 0 Å². The van der Waals surface area contributed by atoms with Crippen LogP contribution in [0.15, 0.2) is 18.2 Å². The van der Waals surface area contributed by atoms with E-state index in [2.05, 4.69) is 21.2 Å². The molecule has 0 atom stereocenters.